The van der Waals surface area contributed by atoms with E-state index in [1.165, 1.54) is 30.7 Å². The second kappa shape index (κ2) is 6.44. The van der Waals surface area contributed by atoms with Gasteiger partial charge in [0.2, 0.25) is 0 Å². The Hall–Kier alpha value is -2.50. The van der Waals surface area contributed by atoms with Gasteiger partial charge in [-0.2, -0.15) is 0 Å². The Morgan fingerprint density at radius 1 is 1.32 bits per heavy atom. The molecule has 0 fully saturated rings. The van der Waals surface area contributed by atoms with Crippen molar-refractivity contribution in [2.75, 3.05) is 11.9 Å². The number of nitrogens with zero attached hydrogens (tertiary/aromatic N) is 2. The van der Waals surface area contributed by atoms with Crippen molar-refractivity contribution in [1.82, 2.24) is 15.3 Å². The van der Waals surface area contributed by atoms with Crippen molar-refractivity contribution in [3.8, 4) is 0 Å². The van der Waals surface area contributed by atoms with E-state index in [1.807, 2.05) is 6.07 Å². The van der Waals surface area contributed by atoms with Gasteiger partial charge in [0.05, 0.1) is 6.20 Å². The van der Waals surface area contributed by atoms with Crippen molar-refractivity contribution in [2.24, 2.45) is 0 Å². The molecule has 0 radical (unpaired) electrons. The molecule has 0 atom stereocenters. The Kier molecular flexibility index (Phi) is 4.39. The van der Waals surface area contributed by atoms with E-state index in [4.69, 9.17) is 0 Å². The Bertz CT molecular complexity index is 547. The van der Waals surface area contributed by atoms with Gasteiger partial charge >= 0.3 is 6.03 Å². The summed E-state index contributed by atoms with van der Waals surface area (Å²) in [4.78, 5) is 19.2. The minimum Gasteiger partial charge on any atom is -0.337 e. The topological polar surface area (TPSA) is 66.9 Å². The molecule has 2 aromatic rings. The predicted octanol–water partition coefficient (Wildman–Crippen LogP) is 1.98. The highest BCUT2D eigenvalue weighted by molar-refractivity contribution is 5.87. The fourth-order valence-corrected chi connectivity index (χ4v) is 1.54. The van der Waals surface area contributed by atoms with E-state index in [1.54, 1.807) is 6.07 Å². The Morgan fingerprint density at radius 2 is 2.21 bits per heavy atom. The van der Waals surface area contributed by atoms with Gasteiger partial charge in [0.1, 0.15) is 5.82 Å². The lowest BCUT2D eigenvalue weighted by molar-refractivity contribution is 0.252. The van der Waals surface area contributed by atoms with E-state index in [9.17, 15) is 9.18 Å². The maximum absolute atomic E-state index is 12.9. The Labute approximate surface area is 109 Å². The van der Waals surface area contributed by atoms with E-state index in [2.05, 4.69) is 20.6 Å². The van der Waals surface area contributed by atoms with E-state index < -0.39 is 0 Å². The van der Waals surface area contributed by atoms with Crippen molar-refractivity contribution >= 4 is 11.8 Å². The van der Waals surface area contributed by atoms with Gasteiger partial charge in [-0.15, -0.1) is 0 Å². The molecule has 0 aliphatic carbocycles. The molecule has 0 spiro atoms. The van der Waals surface area contributed by atoms with Crippen LogP contribution in [0.1, 0.15) is 5.56 Å². The van der Waals surface area contributed by atoms with Crippen molar-refractivity contribution in [1.29, 1.82) is 0 Å². The number of amides is 2. The van der Waals surface area contributed by atoms with E-state index in [0.717, 1.165) is 5.56 Å². The summed E-state index contributed by atoms with van der Waals surface area (Å²) in [5.74, 6) is 0.104. The first-order valence-electron chi connectivity index (χ1n) is 5.79. The number of urea groups is 1. The van der Waals surface area contributed by atoms with E-state index >= 15 is 0 Å². The highest BCUT2D eigenvalue weighted by Crippen LogP contribution is 2.03. The van der Waals surface area contributed by atoms with E-state index in [-0.39, 0.29) is 11.8 Å². The zero-order valence-corrected chi connectivity index (χ0v) is 10.1. The number of carbonyl (C=O) groups excluding carboxylic acids is 1. The molecule has 0 saturated heterocycles. The molecule has 2 N–H and O–H groups in total. The van der Waals surface area contributed by atoms with Crippen LogP contribution < -0.4 is 10.6 Å². The summed E-state index contributed by atoms with van der Waals surface area (Å²) in [6, 6.07) is 5.92. The van der Waals surface area contributed by atoms with Crippen LogP contribution in [0.5, 0.6) is 0 Å². The quantitative estimate of drug-likeness (QED) is 0.883. The number of hydrogen-bond donors (Lipinski definition) is 2. The smallest absolute Gasteiger partial charge is 0.320 e. The monoisotopic (exact) mass is 260 g/mol. The maximum atomic E-state index is 12.9. The van der Waals surface area contributed by atoms with Crippen molar-refractivity contribution in [3.63, 3.8) is 0 Å². The molecule has 0 unspecified atom stereocenters. The number of halogens is 1. The fraction of sp³-hybridized carbons (Fsp3) is 0.154. The summed E-state index contributed by atoms with van der Waals surface area (Å²) in [6.45, 7) is 0.412. The minimum absolute atomic E-state index is 0.276. The lowest BCUT2D eigenvalue weighted by atomic mass is 10.1. The second-order valence-corrected chi connectivity index (χ2v) is 3.85. The normalized spacial score (nSPS) is 9.95. The van der Waals surface area contributed by atoms with Crippen LogP contribution >= 0.6 is 0 Å². The third kappa shape index (κ3) is 4.34. The third-order valence-corrected chi connectivity index (χ3v) is 2.39. The summed E-state index contributed by atoms with van der Waals surface area (Å²) in [6.07, 6.45) is 5.02. The van der Waals surface area contributed by atoms with Crippen LogP contribution in [0.25, 0.3) is 0 Å². The van der Waals surface area contributed by atoms with Gasteiger partial charge in [-0.3, -0.25) is 10.3 Å². The molecule has 19 heavy (non-hydrogen) atoms. The maximum Gasteiger partial charge on any atom is 0.320 e. The first kappa shape index (κ1) is 12.9. The van der Waals surface area contributed by atoms with Crippen LogP contribution in [-0.4, -0.2) is 22.5 Å². The highest BCUT2D eigenvalue weighted by atomic mass is 19.1. The molecule has 5 nitrogen and oxygen atoms in total. The summed E-state index contributed by atoms with van der Waals surface area (Å²) in [7, 11) is 0. The summed E-state index contributed by atoms with van der Waals surface area (Å²) in [5, 5.41) is 5.20. The number of carbonyl (C=O) groups is 1. The number of nitrogens with one attached hydrogen (secondary N) is 2. The molecule has 1 heterocycles. The first-order chi connectivity index (χ1) is 9.24. The highest BCUT2D eigenvalue weighted by Gasteiger charge is 2.02. The van der Waals surface area contributed by atoms with E-state index in [0.29, 0.717) is 18.8 Å². The lowest BCUT2D eigenvalue weighted by Gasteiger charge is -2.06. The second-order valence-electron chi connectivity index (χ2n) is 3.85. The SMILES string of the molecule is O=C(NCCc1cccc(F)c1)Nc1cnccn1. The standard InChI is InChI=1S/C13H13FN4O/c14-11-3-1-2-10(8-11)4-5-17-13(19)18-12-9-15-6-7-16-12/h1-3,6-9H,4-5H2,(H2,16,17,18,19). The van der Waals surface area contributed by atoms with Gasteiger partial charge in [0, 0.05) is 18.9 Å². The molecule has 0 saturated carbocycles. The van der Waals surface area contributed by atoms with Crippen LogP contribution in [0.4, 0.5) is 15.0 Å². The van der Waals surface area contributed by atoms with Crippen molar-refractivity contribution in [3.05, 3.63) is 54.2 Å². The Morgan fingerprint density at radius 3 is 2.95 bits per heavy atom. The molecule has 2 amide bonds. The van der Waals surface area contributed by atoms with Crippen LogP contribution in [0.2, 0.25) is 0 Å². The van der Waals surface area contributed by atoms with Gasteiger partial charge in [0.15, 0.2) is 5.82 Å². The molecule has 1 aromatic carbocycles. The number of rotatable bonds is 4. The molecule has 0 aliphatic heterocycles. The van der Waals surface area contributed by atoms with Gasteiger partial charge < -0.3 is 5.32 Å². The minimum atomic E-state index is -0.364. The largest absolute Gasteiger partial charge is 0.337 e. The molecule has 98 valence electrons. The molecular weight excluding hydrogens is 247 g/mol. The number of benzene rings is 1. The average Bonchev–Trinajstić information content (AvgIpc) is 2.40. The van der Waals surface area contributed by atoms with Gasteiger partial charge in [-0.05, 0) is 24.1 Å². The molecule has 6 heteroatoms. The number of aromatic nitrogens is 2. The molecular formula is C13H13FN4O. The molecule has 0 aliphatic rings. The molecule has 0 bridgehead atoms. The zero-order valence-electron chi connectivity index (χ0n) is 10.1. The summed E-state index contributed by atoms with van der Waals surface area (Å²) < 4.78 is 12.9. The Balaban J connectivity index is 1.75. The predicted molar refractivity (Wildman–Crippen MR) is 69.2 cm³/mol. The molecule has 2 rings (SSSR count). The summed E-state index contributed by atoms with van der Waals surface area (Å²) in [5.41, 5.74) is 0.833. The van der Waals surface area contributed by atoms with Crippen LogP contribution in [0.15, 0.2) is 42.9 Å². The first-order valence-corrected chi connectivity index (χ1v) is 5.79. The lowest BCUT2D eigenvalue weighted by Crippen LogP contribution is -2.30. The van der Waals surface area contributed by atoms with Gasteiger partial charge in [-0.25, -0.2) is 14.2 Å². The average molecular weight is 260 g/mol. The number of hydrogen-bond acceptors (Lipinski definition) is 3. The molecule has 1 aromatic heterocycles. The number of anilines is 1. The van der Waals surface area contributed by atoms with Gasteiger partial charge in [-0.1, -0.05) is 12.1 Å². The van der Waals surface area contributed by atoms with Crippen LogP contribution in [-0.2, 0) is 6.42 Å². The zero-order chi connectivity index (χ0) is 13.5. The van der Waals surface area contributed by atoms with Crippen LogP contribution in [0.3, 0.4) is 0 Å². The van der Waals surface area contributed by atoms with Crippen LogP contribution in [0, 0.1) is 5.82 Å². The van der Waals surface area contributed by atoms with Crippen molar-refractivity contribution in [2.45, 2.75) is 6.42 Å². The van der Waals surface area contributed by atoms with Gasteiger partial charge in [0.25, 0.3) is 0 Å². The summed E-state index contributed by atoms with van der Waals surface area (Å²) >= 11 is 0. The van der Waals surface area contributed by atoms with Crippen molar-refractivity contribution < 1.29 is 9.18 Å². The fourth-order valence-electron chi connectivity index (χ4n) is 1.54. The third-order valence-electron chi connectivity index (χ3n) is 2.39.